The maximum Gasteiger partial charge on any atom is 0.343 e. The predicted octanol–water partition coefficient (Wildman–Crippen LogP) is 16.4. The van der Waals surface area contributed by atoms with E-state index in [1.54, 1.807) is 123 Å². The molecule has 9 aromatic rings. The first-order valence-corrected chi connectivity index (χ1v) is 23.7. The number of phenols is 2. The fourth-order valence-electron chi connectivity index (χ4n) is 7.83. The van der Waals surface area contributed by atoms with Crippen LogP contribution in [0.2, 0.25) is 20.1 Å². The number of nitrogens with one attached hydrogen (secondary N) is 2. The molecule has 0 radical (unpaired) electrons. The number of fused-ring (bicyclic) bond motifs is 2. The molecule has 0 spiro atoms. The molecule has 0 fully saturated rings. The van der Waals surface area contributed by atoms with Crippen LogP contribution in [0, 0.1) is 13.8 Å². The number of hydrogen-bond donors (Lipinski definition) is 4. The van der Waals surface area contributed by atoms with E-state index >= 15 is 0 Å². The Hall–Kier alpha value is -8.66. The molecule has 14 nitrogen and oxygen atoms in total. The van der Waals surface area contributed by atoms with Crippen LogP contribution in [0.4, 0.5) is 34.1 Å². The summed E-state index contributed by atoms with van der Waals surface area (Å²) in [5.41, 5.74) is 2.33. The summed E-state index contributed by atoms with van der Waals surface area (Å²) in [7, 11) is 0. The van der Waals surface area contributed by atoms with Crippen molar-refractivity contribution >= 4 is 126 Å². The molecule has 0 saturated carbocycles. The Labute approximate surface area is 441 Å². The summed E-state index contributed by atoms with van der Waals surface area (Å²) in [6.45, 7) is 3.34. The lowest BCUT2D eigenvalue weighted by atomic mass is 10.0. The standard InChI is InChI=1S/C56H36Cl4N6O8/c1-29-41(55(71)73-39-25-33(57)23-34(58)26-39)13-7-15-47(29)63-65-49-43-11-5-3-9-31(43)21-45(51(49)67)53(69)61-37-17-19-38(20-18-37)62-54(70)46-22-32-10-4-6-12-44(32)50(52(46)68)66-64-48-16-8-14-42(30(48)2)56(72)74-40-27-35(59)24-36(60)28-40/h3-28,67-68H,1-2H3,(H,61,69)(H,62,70). The van der Waals surface area contributed by atoms with Gasteiger partial charge in [0, 0.05) is 42.2 Å². The van der Waals surface area contributed by atoms with Crippen molar-refractivity contribution in [2.24, 2.45) is 20.5 Å². The minimum atomic E-state index is -0.681. The maximum atomic E-state index is 13.8. The summed E-state index contributed by atoms with van der Waals surface area (Å²) in [5, 5.41) is 49.6. The Bertz CT molecular complexity index is 3540. The lowest BCUT2D eigenvalue weighted by molar-refractivity contribution is 0.0724. The van der Waals surface area contributed by atoms with E-state index in [0.29, 0.717) is 75.5 Å². The van der Waals surface area contributed by atoms with Gasteiger partial charge < -0.3 is 30.3 Å². The van der Waals surface area contributed by atoms with Gasteiger partial charge in [-0.3, -0.25) is 9.59 Å². The molecule has 0 bridgehead atoms. The first-order chi connectivity index (χ1) is 35.6. The highest BCUT2D eigenvalue weighted by molar-refractivity contribution is 6.35. The van der Waals surface area contributed by atoms with Crippen LogP contribution >= 0.6 is 46.4 Å². The number of benzene rings is 9. The lowest BCUT2D eigenvalue weighted by Gasteiger charge is -2.13. The predicted molar refractivity (Wildman–Crippen MR) is 287 cm³/mol. The van der Waals surface area contributed by atoms with Crippen LogP contribution in [0.25, 0.3) is 21.5 Å². The van der Waals surface area contributed by atoms with Crippen molar-refractivity contribution in [3.8, 4) is 23.0 Å². The van der Waals surface area contributed by atoms with E-state index < -0.39 is 35.3 Å². The quantitative estimate of drug-likeness (QED) is 0.0526. The number of phenolic OH excluding ortho intramolecular Hbond substituents is 2. The average Bonchev–Trinajstić information content (AvgIpc) is 3.36. The first-order valence-electron chi connectivity index (χ1n) is 22.2. The van der Waals surface area contributed by atoms with Crippen LogP contribution < -0.4 is 20.1 Å². The molecule has 366 valence electrons. The van der Waals surface area contributed by atoms with Gasteiger partial charge in [-0.25, -0.2) is 9.59 Å². The number of carbonyl (C=O) groups excluding carboxylic acids is 4. The number of halogens is 4. The molecule has 0 heterocycles. The Morgan fingerprint density at radius 2 is 0.797 bits per heavy atom. The van der Waals surface area contributed by atoms with E-state index in [-0.39, 0.29) is 45.1 Å². The molecule has 0 aliphatic rings. The summed E-state index contributed by atoms with van der Waals surface area (Å²) in [6, 6.07) is 41.7. The summed E-state index contributed by atoms with van der Waals surface area (Å²) >= 11 is 24.3. The highest BCUT2D eigenvalue weighted by Gasteiger charge is 2.22. The number of hydrogen-bond acceptors (Lipinski definition) is 12. The summed E-state index contributed by atoms with van der Waals surface area (Å²) < 4.78 is 11.0. The van der Waals surface area contributed by atoms with Crippen molar-refractivity contribution in [3.05, 3.63) is 211 Å². The Morgan fingerprint density at radius 3 is 1.18 bits per heavy atom. The fourth-order valence-corrected chi connectivity index (χ4v) is 8.84. The average molecular weight is 1060 g/mol. The molecule has 0 aliphatic heterocycles. The van der Waals surface area contributed by atoms with Gasteiger partial charge in [-0.2, -0.15) is 10.2 Å². The van der Waals surface area contributed by atoms with Gasteiger partial charge in [0.1, 0.15) is 22.9 Å². The van der Waals surface area contributed by atoms with Gasteiger partial charge in [-0.15, -0.1) is 10.2 Å². The molecule has 18 heteroatoms. The van der Waals surface area contributed by atoms with Crippen LogP contribution in [0.3, 0.4) is 0 Å². The number of esters is 2. The van der Waals surface area contributed by atoms with Crippen molar-refractivity contribution in [2.75, 3.05) is 10.6 Å². The third kappa shape index (κ3) is 11.0. The molecule has 0 saturated heterocycles. The van der Waals surface area contributed by atoms with E-state index in [0.717, 1.165) is 0 Å². The molecule has 0 unspecified atom stereocenters. The maximum absolute atomic E-state index is 13.8. The van der Waals surface area contributed by atoms with Crippen molar-refractivity contribution in [1.29, 1.82) is 0 Å². The zero-order chi connectivity index (χ0) is 52.2. The number of anilines is 2. The molecule has 9 aromatic carbocycles. The Morgan fingerprint density at radius 1 is 0.432 bits per heavy atom. The highest BCUT2D eigenvalue weighted by atomic mass is 35.5. The van der Waals surface area contributed by atoms with E-state index in [2.05, 4.69) is 31.1 Å². The minimum absolute atomic E-state index is 0.0112. The van der Waals surface area contributed by atoms with Gasteiger partial charge in [-0.1, -0.05) is 107 Å². The van der Waals surface area contributed by atoms with Gasteiger partial charge in [-0.05, 0) is 133 Å². The third-order valence-corrected chi connectivity index (χ3v) is 12.4. The van der Waals surface area contributed by atoms with Crippen molar-refractivity contribution in [3.63, 3.8) is 0 Å². The Balaban J connectivity index is 0.913. The molecule has 0 atom stereocenters. The van der Waals surface area contributed by atoms with Crippen molar-refractivity contribution < 1.29 is 38.9 Å². The number of ether oxygens (including phenoxy) is 2. The van der Waals surface area contributed by atoms with E-state index in [1.807, 2.05) is 0 Å². The second-order valence-corrected chi connectivity index (χ2v) is 18.2. The van der Waals surface area contributed by atoms with Crippen LogP contribution in [-0.4, -0.2) is 34.0 Å². The smallest absolute Gasteiger partial charge is 0.343 e. The van der Waals surface area contributed by atoms with Gasteiger partial charge in [0.2, 0.25) is 0 Å². The number of azo groups is 2. The van der Waals surface area contributed by atoms with E-state index in [4.69, 9.17) is 55.9 Å². The Kier molecular flexibility index (Phi) is 14.7. The number of carbonyl (C=O) groups is 4. The SMILES string of the molecule is Cc1c(N=Nc2c(O)c(C(=O)Nc3ccc(NC(=O)c4cc5ccccc5c(N=Nc5cccc(C(=O)Oc6cc(Cl)cc(Cl)c6)c5C)c4O)cc3)cc3ccccc23)cccc1C(=O)Oc1cc(Cl)cc(Cl)c1. The van der Waals surface area contributed by atoms with E-state index in [1.165, 1.54) is 48.5 Å². The fraction of sp³-hybridized carbons (Fsp3) is 0.0357. The summed E-state index contributed by atoms with van der Waals surface area (Å²) in [6.07, 6.45) is 0. The first kappa shape index (κ1) is 50.3. The molecular weight excluding hydrogens is 1030 g/mol. The van der Waals surface area contributed by atoms with Crippen LogP contribution in [-0.2, 0) is 0 Å². The molecule has 9 rings (SSSR count). The molecular formula is C56H36Cl4N6O8. The topological polar surface area (TPSA) is 201 Å². The van der Waals surface area contributed by atoms with Gasteiger partial charge >= 0.3 is 11.9 Å². The molecule has 0 aromatic heterocycles. The number of amides is 2. The zero-order valence-corrected chi connectivity index (χ0v) is 41.7. The van der Waals surface area contributed by atoms with E-state index in [9.17, 15) is 29.4 Å². The lowest BCUT2D eigenvalue weighted by Crippen LogP contribution is -2.13. The van der Waals surface area contributed by atoms with Gasteiger partial charge in [0.25, 0.3) is 11.8 Å². The third-order valence-electron chi connectivity index (χ3n) is 11.5. The molecule has 0 aliphatic carbocycles. The van der Waals surface area contributed by atoms with Gasteiger partial charge in [0.05, 0.1) is 33.6 Å². The van der Waals surface area contributed by atoms with Crippen LogP contribution in [0.5, 0.6) is 23.0 Å². The molecule has 2 amide bonds. The second kappa shape index (κ2) is 21.6. The van der Waals surface area contributed by atoms with Gasteiger partial charge in [0.15, 0.2) is 11.5 Å². The largest absolute Gasteiger partial charge is 0.505 e. The second-order valence-electron chi connectivity index (χ2n) is 16.5. The normalized spacial score (nSPS) is 11.3. The highest BCUT2D eigenvalue weighted by Crippen LogP contribution is 2.42. The monoisotopic (exact) mass is 1060 g/mol. The van der Waals surface area contributed by atoms with Crippen molar-refractivity contribution in [2.45, 2.75) is 13.8 Å². The molecule has 74 heavy (non-hydrogen) atoms. The number of aromatic hydroxyl groups is 2. The minimum Gasteiger partial charge on any atom is -0.505 e. The zero-order valence-electron chi connectivity index (χ0n) is 38.7. The summed E-state index contributed by atoms with van der Waals surface area (Å²) in [5.74, 6) is -3.28. The van der Waals surface area contributed by atoms with Crippen molar-refractivity contribution in [1.82, 2.24) is 0 Å². The van der Waals surface area contributed by atoms with Crippen LogP contribution in [0.1, 0.15) is 52.6 Å². The number of nitrogens with zero attached hydrogens (tertiary/aromatic N) is 4. The summed E-state index contributed by atoms with van der Waals surface area (Å²) in [4.78, 5) is 54.1. The molecule has 4 N–H and O–H groups in total. The van der Waals surface area contributed by atoms with Crippen LogP contribution in [0.15, 0.2) is 178 Å². The number of rotatable bonds is 12.